The first-order chi connectivity index (χ1) is 14.5. The maximum Gasteiger partial charge on any atom is 0.274 e. The van der Waals surface area contributed by atoms with Crippen LogP contribution in [0.25, 0.3) is 11.3 Å². The summed E-state index contributed by atoms with van der Waals surface area (Å²) in [7, 11) is 5.53. The van der Waals surface area contributed by atoms with E-state index in [4.69, 9.17) is 4.74 Å². The van der Waals surface area contributed by atoms with E-state index in [-0.39, 0.29) is 5.91 Å². The van der Waals surface area contributed by atoms with Gasteiger partial charge in [-0.2, -0.15) is 10.1 Å². The summed E-state index contributed by atoms with van der Waals surface area (Å²) in [6.45, 7) is 2.80. The van der Waals surface area contributed by atoms with E-state index in [0.29, 0.717) is 36.4 Å². The number of rotatable bonds is 5. The molecule has 1 amide bonds. The summed E-state index contributed by atoms with van der Waals surface area (Å²) in [6.07, 6.45) is 1.65. The van der Waals surface area contributed by atoms with Crippen molar-refractivity contribution in [1.82, 2.24) is 19.7 Å². The van der Waals surface area contributed by atoms with Crippen LogP contribution >= 0.6 is 0 Å². The van der Waals surface area contributed by atoms with E-state index >= 15 is 0 Å². The topological polar surface area (TPSA) is 88.4 Å². The van der Waals surface area contributed by atoms with Crippen molar-refractivity contribution in [2.75, 3.05) is 55.5 Å². The van der Waals surface area contributed by atoms with E-state index < -0.39 is 0 Å². The molecule has 0 aliphatic carbocycles. The Balaban J connectivity index is 1.58. The van der Waals surface area contributed by atoms with Crippen molar-refractivity contribution in [3.05, 3.63) is 48.3 Å². The molecular weight excluding hydrogens is 382 g/mol. The minimum absolute atomic E-state index is 0.266. The van der Waals surface area contributed by atoms with Crippen LogP contribution in [-0.2, 0) is 11.8 Å². The van der Waals surface area contributed by atoms with E-state index in [2.05, 4.69) is 25.3 Å². The number of ether oxygens (including phenoxy) is 1. The van der Waals surface area contributed by atoms with Gasteiger partial charge >= 0.3 is 0 Å². The number of carbonyl (C=O) groups excluding carboxylic acids is 1. The molecule has 1 saturated heterocycles. The van der Waals surface area contributed by atoms with Crippen LogP contribution < -0.4 is 15.1 Å². The number of anilines is 3. The SMILES string of the molecule is CN(C)c1nc(N2CCOCC2)ncc1NC(=O)c1cc(-c2ccccc2)nn1C. The lowest BCUT2D eigenvalue weighted by molar-refractivity contribution is 0.101. The number of nitrogens with zero attached hydrogens (tertiary/aromatic N) is 6. The van der Waals surface area contributed by atoms with E-state index in [1.807, 2.05) is 49.3 Å². The summed E-state index contributed by atoms with van der Waals surface area (Å²) in [5.74, 6) is 1.01. The first-order valence-corrected chi connectivity index (χ1v) is 9.81. The zero-order valence-corrected chi connectivity index (χ0v) is 17.4. The van der Waals surface area contributed by atoms with Gasteiger partial charge in [-0.3, -0.25) is 9.48 Å². The summed E-state index contributed by atoms with van der Waals surface area (Å²) in [4.78, 5) is 26.0. The Kier molecular flexibility index (Phi) is 5.62. The lowest BCUT2D eigenvalue weighted by Crippen LogP contribution is -2.37. The second kappa shape index (κ2) is 8.50. The number of nitrogens with one attached hydrogen (secondary N) is 1. The molecule has 1 N–H and O–H groups in total. The highest BCUT2D eigenvalue weighted by atomic mass is 16.5. The maximum absolute atomic E-state index is 13.0. The molecule has 0 saturated carbocycles. The number of carbonyl (C=O) groups is 1. The summed E-state index contributed by atoms with van der Waals surface area (Å²) in [5, 5.41) is 7.41. The van der Waals surface area contributed by atoms with Crippen LogP contribution in [0.1, 0.15) is 10.5 Å². The third-order valence-corrected chi connectivity index (χ3v) is 4.90. The van der Waals surface area contributed by atoms with Gasteiger partial charge in [-0.25, -0.2) is 4.98 Å². The van der Waals surface area contributed by atoms with Gasteiger partial charge in [-0.15, -0.1) is 0 Å². The molecule has 1 fully saturated rings. The predicted octanol–water partition coefficient (Wildman–Crippen LogP) is 2.03. The molecule has 156 valence electrons. The highest BCUT2D eigenvalue weighted by molar-refractivity contribution is 6.05. The zero-order valence-electron chi connectivity index (χ0n) is 17.4. The van der Waals surface area contributed by atoms with Crippen molar-refractivity contribution in [3.8, 4) is 11.3 Å². The van der Waals surface area contributed by atoms with Crippen LogP contribution in [0.5, 0.6) is 0 Å². The van der Waals surface area contributed by atoms with Gasteiger partial charge < -0.3 is 19.9 Å². The Labute approximate surface area is 175 Å². The van der Waals surface area contributed by atoms with Gasteiger partial charge in [0.05, 0.1) is 25.1 Å². The van der Waals surface area contributed by atoms with Crippen LogP contribution in [0.3, 0.4) is 0 Å². The zero-order chi connectivity index (χ0) is 21.1. The van der Waals surface area contributed by atoms with Gasteiger partial charge in [-0.05, 0) is 6.07 Å². The smallest absolute Gasteiger partial charge is 0.274 e. The molecule has 0 radical (unpaired) electrons. The molecule has 0 spiro atoms. The molecular formula is C21H25N7O2. The predicted molar refractivity (Wildman–Crippen MR) is 116 cm³/mol. The van der Waals surface area contributed by atoms with Gasteiger partial charge in [0.2, 0.25) is 5.95 Å². The first kappa shape index (κ1) is 19.8. The fourth-order valence-electron chi connectivity index (χ4n) is 3.32. The van der Waals surface area contributed by atoms with E-state index in [9.17, 15) is 4.79 Å². The van der Waals surface area contributed by atoms with Crippen LogP contribution in [0, 0.1) is 0 Å². The largest absolute Gasteiger partial charge is 0.378 e. The molecule has 3 aromatic rings. The molecule has 0 bridgehead atoms. The monoisotopic (exact) mass is 407 g/mol. The van der Waals surface area contributed by atoms with Crippen LogP contribution in [0.2, 0.25) is 0 Å². The number of amides is 1. The minimum Gasteiger partial charge on any atom is -0.378 e. The van der Waals surface area contributed by atoms with Gasteiger partial charge in [0.1, 0.15) is 11.4 Å². The molecule has 0 atom stereocenters. The first-order valence-electron chi connectivity index (χ1n) is 9.81. The number of hydrogen-bond acceptors (Lipinski definition) is 7. The Bertz CT molecular complexity index is 1030. The van der Waals surface area contributed by atoms with Crippen LogP contribution in [-0.4, -0.2) is 66.1 Å². The number of benzene rings is 1. The van der Waals surface area contributed by atoms with E-state index in [0.717, 1.165) is 24.3 Å². The highest BCUT2D eigenvalue weighted by Gasteiger charge is 2.20. The second-order valence-corrected chi connectivity index (χ2v) is 7.26. The molecule has 9 heteroatoms. The molecule has 4 rings (SSSR count). The van der Waals surface area contributed by atoms with Gasteiger partial charge in [0.25, 0.3) is 5.91 Å². The number of hydrogen-bond donors (Lipinski definition) is 1. The molecule has 2 aromatic heterocycles. The lowest BCUT2D eigenvalue weighted by atomic mass is 10.1. The average Bonchev–Trinajstić information content (AvgIpc) is 3.17. The summed E-state index contributed by atoms with van der Waals surface area (Å²) < 4.78 is 6.98. The van der Waals surface area contributed by atoms with Crippen LogP contribution in [0.15, 0.2) is 42.6 Å². The van der Waals surface area contributed by atoms with Crippen molar-refractivity contribution < 1.29 is 9.53 Å². The third-order valence-electron chi connectivity index (χ3n) is 4.90. The number of aryl methyl sites for hydroxylation is 1. The summed E-state index contributed by atoms with van der Waals surface area (Å²) >= 11 is 0. The van der Waals surface area contributed by atoms with Crippen molar-refractivity contribution >= 4 is 23.4 Å². The Morgan fingerprint density at radius 1 is 1.17 bits per heavy atom. The summed E-state index contributed by atoms with van der Waals surface area (Å²) in [5.41, 5.74) is 2.70. The molecule has 30 heavy (non-hydrogen) atoms. The van der Waals surface area contributed by atoms with Crippen molar-refractivity contribution in [2.45, 2.75) is 0 Å². The Morgan fingerprint density at radius 2 is 1.90 bits per heavy atom. The van der Waals surface area contributed by atoms with Crippen molar-refractivity contribution in [3.63, 3.8) is 0 Å². The number of aromatic nitrogens is 4. The quantitative estimate of drug-likeness (QED) is 0.692. The van der Waals surface area contributed by atoms with Gasteiger partial charge in [-0.1, -0.05) is 30.3 Å². The summed E-state index contributed by atoms with van der Waals surface area (Å²) in [6, 6.07) is 11.5. The van der Waals surface area contributed by atoms with E-state index in [1.54, 1.807) is 24.0 Å². The fourth-order valence-corrected chi connectivity index (χ4v) is 3.32. The molecule has 1 aliphatic heterocycles. The maximum atomic E-state index is 13.0. The second-order valence-electron chi connectivity index (χ2n) is 7.26. The Hall–Kier alpha value is -3.46. The molecule has 1 aliphatic rings. The van der Waals surface area contributed by atoms with Crippen molar-refractivity contribution in [2.24, 2.45) is 7.05 Å². The third kappa shape index (κ3) is 4.11. The average molecular weight is 407 g/mol. The minimum atomic E-state index is -0.266. The molecule has 0 unspecified atom stereocenters. The van der Waals surface area contributed by atoms with Gasteiger partial charge in [0, 0.05) is 39.8 Å². The van der Waals surface area contributed by atoms with Crippen LogP contribution in [0.4, 0.5) is 17.5 Å². The normalized spacial score (nSPS) is 13.9. The molecule has 1 aromatic carbocycles. The van der Waals surface area contributed by atoms with Crippen molar-refractivity contribution in [1.29, 1.82) is 0 Å². The Morgan fingerprint density at radius 3 is 2.60 bits per heavy atom. The standard InChI is InChI=1S/C21H25N7O2/c1-26(2)19-17(14-22-21(24-19)28-9-11-30-12-10-28)23-20(29)18-13-16(25-27(18)3)15-7-5-4-6-8-15/h4-8,13-14H,9-12H2,1-3H3,(H,23,29). The molecule has 3 heterocycles. The highest BCUT2D eigenvalue weighted by Crippen LogP contribution is 2.25. The fraction of sp³-hybridized carbons (Fsp3) is 0.333. The van der Waals surface area contributed by atoms with E-state index in [1.165, 1.54) is 0 Å². The molecule has 9 nitrogen and oxygen atoms in total. The lowest BCUT2D eigenvalue weighted by Gasteiger charge is -2.28. The number of morpholine rings is 1. The van der Waals surface area contributed by atoms with Gasteiger partial charge in [0.15, 0.2) is 5.82 Å².